The number of carbonyl (C=O) groups is 2. The molecule has 0 aliphatic carbocycles. The summed E-state index contributed by atoms with van der Waals surface area (Å²) in [5.74, 6) is 0.838. The van der Waals surface area contributed by atoms with Gasteiger partial charge in [-0.2, -0.15) is 0 Å². The average molecular weight is 318 g/mol. The largest absolute Gasteiger partial charge is 0.497 e. The maximum atomic E-state index is 12.5. The maximum absolute atomic E-state index is 12.5. The van der Waals surface area contributed by atoms with Crippen LogP contribution in [0.25, 0.3) is 0 Å². The van der Waals surface area contributed by atoms with E-state index in [2.05, 4.69) is 15.5 Å². The van der Waals surface area contributed by atoms with Gasteiger partial charge in [-0.1, -0.05) is 0 Å². The van der Waals surface area contributed by atoms with E-state index in [1.807, 2.05) is 29.2 Å². The SMILES string of the molecule is COc1ccc(N2CCCN(C(=O)[C@H]3CNC(=O)N3)CC2)cc1. The van der Waals surface area contributed by atoms with Crippen molar-refractivity contribution in [2.45, 2.75) is 12.5 Å². The first-order valence-electron chi connectivity index (χ1n) is 7.89. The molecule has 1 aromatic rings. The van der Waals surface area contributed by atoms with E-state index in [0.29, 0.717) is 13.1 Å². The fourth-order valence-electron chi connectivity index (χ4n) is 3.01. The molecule has 2 heterocycles. The summed E-state index contributed by atoms with van der Waals surface area (Å²) in [5, 5.41) is 5.29. The van der Waals surface area contributed by atoms with Crippen LogP contribution in [0.1, 0.15) is 6.42 Å². The van der Waals surface area contributed by atoms with Gasteiger partial charge in [-0.3, -0.25) is 4.79 Å². The number of urea groups is 1. The van der Waals surface area contributed by atoms with Crippen LogP contribution in [0.5, 0.6) is 5.75 Å². The van der Waals surface area contributed by atoms with Crippen LogP contribution < -0.4 is 20.3 Å². The zero-order valence-electron chi connectivity index (χ0n) is 13.2. The van der Waals surface area contributed by atoms with Crippen molar-refractivity contribution in [3.8, 4) is 5.75 Å². The van der Waals surface area contributed by atoms with Gasteiger partial charge in [0.2, 0.25) is 5.91 Å². The summed E-state index contributed by atoms with van der Waals surface area (Å²) in [6.07, 6.45) is 0.909. The van der Waals surface area contributed by atoms with Crippen molar-refractivity contribution in [2.24, 2.45) is 0 Å². The zero-order valence-corrected chi connectivity index (χ0v) is 13.2. The summed E-state index contributed by atoms with van der Waals surface area (Å²) < 4.78 is 5.18. The highest BCUT2D eigenvalue weighted by atomic mass is 16.5. The number of carbonyl (C=O) groups excluding carboxylic acids is 2. The van der Waals surface area contributed by atoms with Crippen LogP contribution in [0.15, 0.2) is 24.3 Å². The summed E-state index contributed by atoms with van der Waals surface area (Å²) in [6.45, 7) is 3.45. The van der Waals surface area contributed by atoms with Gasteiger partial charge in [0.25, 0.3) is 0 Å². The second kappa shape index (κ2) is 6.76. The van der Waals surface area contributed by atoms with Crippen LogP contribution in [0, 0.1) is 0 Å². The van der Waals surface area contributed by atoms with Gasteiger partial charge < -0.3 is 25.2 Å². The minimum atomic E-state index is -0.435. The minimum Gasteiger partial charge on any atom is -0.497 e. The molecule has 0 radical (unpaired) electrons. The molecular formula is C16H22N4O3. The zero-order chi connectivity index (χ0) is 16.2. The maximum Gasteiger partial charge on any atom is 0.315 e. The predicted octanol–water partition coefficient (Wildman–Crippen LogP) is 0.415. The standard InChI is InChI=1S/C16H22N4O3/c1-23-13-5-3-12(4-6-13)19-7-2-8-20(10-9-19)15(21)14-11-17-16(22)18-14/h3-6,14H,2,7-11H2,1H3,(H2,17,18,22)/t14-/m1/s1. The lowest BCUT2D eigenvalue weighted by Crippen LogP contribution is -2.46. The van der Waals surface area contributed by atoms with Crippen molar-refractivity contribution >= 4 is 17.6 Å². The smallest absolute Gasteiger partial charge is 0.315 e. The Balaban J connectivity index is 1.60. The van der Waals surface area contributed by atoms with Crippen molar-refractivity contribution in [3.63, 3.8) is 0 Å². The van der Waals surface area contributed by atoms with Gasteiger partial charge in [0.15, 0.2) is 0 Å². The average Bonchev–Trinajstić information content (AvgIpc) is 2.87. The van der Waals surface area contributed by atoms with E-state index in [0.717, 1.165) is 37.5 Å². The summed E-state index contributed by atoms with van der Waals surface area (Å²) in [5.41, 5.74) is 1.14. The van der Waals surface area contributed by atoms with Crippen LogP contribution in [0.3, 0.4) is 0 Å². The van der Waals surface area contributed by atoms with Gasteiger partial charge in [-0.05, 0) is 30.7 Å². The Morgan fingerprint density at radius 3 is 2.61 bits per heavy atom. The van der Waals surface area contributed by atoms with Crippen molar-refractivity contribution in [2.75, 3.05) is 44.7 Å². The number of anilines is 1. The van der Waals surface area contributed by atoms with E-state index >= 15 is 0 Å². The molecule has 0 unspecified atom stereocenters. The van der Waals surface area contributed by atoms with Crippen LogP contribution in [0.2, 0.25) is 0 Å². The Bertz CT molecular complexity index is 575. The molecule has 0 aromatic heterocycles. The molecule has 7 heteroatoms. The van der Waals surface area contributed by atoms with E-state index < -0.39 is 6.04 Å². The van der Waals surface area contributed by atoms with Gasteiger partial charge in [-0.25, -0.2) is 4.79 Å². The topological polar surface area (TPSA) is 73.9 Å². The fourth-order valence-corrected chi connectivity index (χ4v) is 3.01. The predicted molar refractivity (Wildman–Crippen MR) is 86.7 cm³/mol. The first-order valence-corrected chi connectivity index (χ1v) is 7.89. The first kappa shape index (κ1) is 15.5. The molecule has 2 N–H and O–H groups in total. The highest BCUT2D eigenvalue weighted by Gasteiger charge is 2.31. The quantitative estimate of drug-likeness (QED) is 0.847. The molecule has 1 atom stereocenters. The number of benzene rings is 1. The minimum absolute atomic E-state index is 0.0000640. The molecule has 0 bridgehead atoms. The number of nitrogens with one attached hydrogen (secondary N) is 2. The Morgan fingerprint density at radius 1 is 1.17 bits per heavy atom. The molecular weight excluding hydrogens is 296 g/mol. The van der Waals surface area contributed by atoms with Gasteiger partial charge in [0.1, 0.15) is 11.8 Å². The van der Waals surface area contributed by atoms with Gasteiger partial charge in [-0.15, -0.1) is 0 Å². The van der Waals surface area contributed by atoms with E-state index in [1.165, 1.54) is 0 Å². The van der Waals surface area contributed by atoms with Gasteiger partial charge >= 0.3 is 6.03 Å². The number of amides is 3. The van der Waals surface area contributed by atoms with Crippen LogP contribution in [-0.2, 0) is 4.79 Å². The number of hydrogen-bond donors (Lipinski definition) is 2. The highest BCUT2D eigenvalue weighted by molar-refractivity contribution is 5.90. The number of methoxy groups -OCH3 is 1. The molecule has 0 saturated carbocycles. The summed E-state index contributed by atoms with van der Waals surface area (Å²) in [4.78, 5) is 27.8. The van der Waals surface area contributed by atoms with E-state index in [9.17, 15) is 9.59 Å². The summed E-state index contributed by atoms with van der Waals surface area (Å²) in [7, 11) is 1.65. The lowest BCUT2D eigenvalue weighted by atomic mass is 10.2. The molecule has 2 aliphatic heterocycles. The molecule has 2 saturated heterocycles. The van der Waals surface area contributed by atoms with Crippen molar-refractivity contribution in [1.82, 2.24) is 15.5 Å². The molecule has 2 aliphatic rings. The Morgan fingerprint density at radius 2 is 1.96 bits per heavy atom. The Hall–Kier alpha value is -2.44. The first-order chi connectivity index (χ1) is 11.2. The third kappa shape index (κ3) is 3.49. The van der Waals surface area contributed by atoms with Crippen molar-refractivity contribution in [1.29, 1.82) is 0 Å². The van der Waals surface area contributed by atoms with E-state index in [4.69, 9.17) is 4.74 Å². The number of rotatable bonds is 3. The second-order valence-electron chi connectivity index (χ2n) is 5.77. The van der Waals surface area contributed by atoms with Gasteiger partial charge in [0.05, 0.1) is 7.11 Å². The second-order valence-corrected chi connectivity index (χ2v) is 5.77. The molecule has 124 valence electrons. The van der Waals surface area contributed by atoms with Crippen LogP contribution in [0.4, 0.5) is 10.5 Å². The fraction of sp³-hybridized carbons (Fsp3) is 0.500. The van der Waals surface area contributed by atoms with Crippen molar-refractivity contribution < 1.29 is 14.3 Å². The molecule has 2 fully saturated rings. The molecule has 3 amide bonds. The Labute approximate surface area is 135 Å². The number of ether oxygens (including phenoxy) is 1. The molecule has 7 nitrogen and oxygen atoms in total. The van der Waals surface area contributed by atoms with E-state index in [-0.39, 0.29) is 11.9 Å². The Kier molecular flexibility index (Phi) is 4.55. The number of hydrogen-bond acceptors (Lipinski definition) is 4. The lowest BCUT2D eigenvalue weighted by Gasteiger charge is -2.25. The van der Waals surface area contributed by atoms with Gasteiger partial charge in [0, 0.05) is 38.4 Å². The molecule has 23 heavy (non-hydrogen) atoms. The van der Waals surface area contributed by atoms with E-state index in [1.54, 1.807) is 7.11 Å². The van der Waals surface area contributed by atoms with Crippen molar-refractivity contribution in [3.05, 3.63) is 24.3 Å². The van der Waals surface area contributed by atoms with Crippen LogP contribution >= 0.6 is 0 Å². The lowest BCUT2D eigenvalue weighted by molar-refractivity contribution is -0.132. The number of nitrogens with zero attached hydrogens (tertiary/aromatic N) is 2. The van der Waals surface area contributed by atoms with Crippen LogP contribution in [-0.4, -0.2) is 62.7 Å². The normalized spacial score (nSPS) is 21.4. The molecule has 1 aromatic carbocycles. The molecule has 3 rings (SSSR count). The summed E-state index contributed by atoms with van der Waals surface area (Å²) >= 11 is 0. The highest BCUT2D eigenvalue weighted by Crippen LogP contribution is 2.20. The summed E-state index contributed by atoms with van der Waals surface area (Å²) in [6, 6.07) is 7.27. The monoisotopic (exact) mass is 318 g/mol. The third-order valence-corrected chi connectivity index (χ3v) is 4.32. The molecule has 0 spiro atoms. The third-order valence-electron chi connectivity index (χ3n) is 4.32.